The molecule has 0 unspecified atom stereocenters. The second kappa shape index (κ2) is 11.7. The van der Waals surface area contributed by atoms with Crippen molar-refractivity contribution in [1.29, 1.82) is 0 Å². The standard InChI is InChI=1S/C43H30N2O4S/c1-29-20-23-33(24-21-29)50(46,47)49-43-28-39-36(34-16-8-10-18-38(34)45(39)31-14-6-3-7-15-31)27-40(43)44(30-12-4-2-5-13-30)32-22-25-42-37(26-32)35-17-9-11-19-41(35)48-42/h2-28H,1H3. The van der Waals surface area contributed by atoms with Gasteiger partial charge in [0, 0.05) is 44.7 Å². The number of benzene rings is 7. The van der Waals surface area contributed by atoms with Gasteiger partial charge in [0.15, 0.2) is 5.75 Å². The summed E-state index contributed by atoms with van der Waals surface area (Å²) in [5, 5.41) is 3.94. The Bertz CT molecular complexity index is 2810. The van der Waals surface area contributed by atoms with Crippen LogP contribution in [-0.2, 0) is 10.1 Å². The number of hydrogen-bond acceptors (Lipinski definition) is 5. The van der Waals surface area contributed by atoms with E-state index in [1.807, 2.05) is 128 Å². The summed E-state index contributed by atoms with van der Waals surface area (Å²) in [7, 11) is -4.23. The van der Waals surface area contributed by atoms with Crippen molar-refractivity contribution in [3.8, 4) is 11.4 Å². The number of hydrogen-bond donors (Lipinski definition) is 0. The first kappa shape index (κ1) is 29.8. The van der Waals surface area contributed by atoms with Gasteiger partial charge in [-0.3, -0.25) is 0 Å². The Kier molecular flexibility index (Phi) is 6.96. The van der Waals surface area contributed by atoms with Gasteiger partial charge in [0.05, 0.1) is 16.7 Å². The fourth-order valence-corrected chi connectivity index (χ4v) is 7.75. The number of anilines is 3. The van der Waals surface area contributed by atoms with Crippen LogP contribution in [0.2, 0.25) is 0 Å². The molecule has 0 spiro atoms. The van der Waals surface area contributed by atoms with E-state index >= 15 is 0 Å². The van der Waals surface area contributed by atoms with Gasteiger partial charge in [-0.2, -0.15) is 8.42 Å². The first-order chi connectivity index (χ1) is 24.4. The predicted molar refractivity (Wildman–Crippen MR) is 202 cm³/mol. The van der Waals surface area contributed by atoms with Crippen LogP contribution in [0.1, 0.15) is 5.56 Å². The van der Waals surface area contributed by atoms with E-state index < -0.39 is 10.1 Å². The van der Waals surface area contributed by atoms with Gasteiger partial charge in [-0.25, -0.2) is 0 Å². The van der Waals surface area contributed by atoms with Crippen molar-refractivity contribution in [2.75, 3.05) is 4.90 Å². The predicted octanol–water partition coefficient (Wildman–Crippen LogP) is 11.2. The van der Waals surface area contributed by atoms with Gasteiger partial charge in [0.1, 0.15) is 16.1 Å². The molecule has 2 heterocycles. The Balaban J connectivity index is 1.35. The maximum Gasteiger partial charge on any atom is 0.339 e. The van der Waals surface area contributed by atoms with Crippen LogP contribution in [0, 0.1) is 6.92 Å². The fourth-order valence-electron chi connectivity index (χ4n) is 6.81. The Labute approximate surface area is 289 Å². The molecular weight excluding hydrogens is 641 g/mol. The highest BCUT2D eigenvalue weighted by Gasteiger charge is 2.26. The molecule has 0 aliphatic rings. The van der Waals surface area contributed by atoms with E-state index in [2.05, 4.69) is 27.7 Å². The van der Waals surface area contributed by atoms with Gasteiger partial charge >= 0.3 is 10.1 Å². The minimum Gasteiger partial charge on any atom is -0.456 e. The van der Waals surface area contributed by atoms with Crippen molar-refractivity contribution >= 4 is 70.9 Å². The molecule has 9 rings (SSSR count). The monoisotopic (exact) mass is 670 g/mol. The van der Waals surface area contributed by atoms with Crippen LogP contribution in [0.15, 0.2) is 173 Å². The molecule has 0 saturated carbocycles. The van der Waals surface area contributed by atoms with Gasteiger partial charge in [0.2, 0.25) is 0 Å². The van der Waals surface area contributed by atoms with Crippen molar-refractivity contribution in [1.82, 2.24) is 4.57 Å². The third kappa shape index (κ3) is 4.98. The summed E-state index contributed by atoms with van der Waals surface area (Å²) in [5.41, 5.74) is 7.52. The summed E-state index contributed by atoms with van der Waals surface area (Å²) in [6, 6.07) is 52.8. The van der Waals surface area contributed by atoms with E-state index in [9.17, 15) is 8.42 Å². The Morgan fingerprint density at radius 2 is 1.22 bits per heavy atom. The molecule has 0 amide bonds. The smallest absolute Gasteiger partial charge is 0.339 e. The minimum atomic E-state index is -4.23. The topological polar surface area (TPSA) is 64.7 Å². The number of furan rings is 1. The Morgan fingerprint density at radius 1 is 0.560 bits per heavy atom. The van der Waals surface area contributed by atoms with Crippen LogP contribution in [0.3, 0.4) is 0 Å². The maximum atomic E-state index is 14.1. The Hall–Kier alpha value is -6.31. The molecule has 9 aromatic rings. The van der Waals surface area contributed by atoms with E-state index in [1.165, 1.54) is 0 Å². The molecule has 242 valence electrons. The molecule has 0 fully saturated rings. The molecule has 50 heavy (non-hydrogen) atoms. The molecule has 0 radical (unpaired) electrons. The number of para-hydroxylation sites is 4. The summed E-state index contributed by atoms with van der Waals surface area (Å²) in [4.78, 5) is 2.13. The van der Waals surface area contributed by atoms with Crippen molar-refractivity contribution in [3.05, 3.63) is 169 Å². The summed E-state index contributed by atoms with van der Waals surface area (Å²) in [6.45, 7) is 1.92. The lowest BCUT2D eigenvalue weighted by atomic mass is 10.1. The van der Waals surface area contributed by atoms with Gasteiger partial charge in [0.25, 0.3) is 0 Å². The molecule has 0 aliphatic heterocycles. The molecule has 0 saturated heterocycles. The summed E-state index contributed by atoms with van der Waals surface area (Å²) >= 11 is 0. The van der Waals surface area contributed by atoms with Crippen LogP contribution in [0.5, 0.6) is 5.75 Å². The van der Waals surface area contributed by atoms with Crippen LogP contribution in [0.25, 0.3) is 49.4 Å². The first-order valence-electron chi connectivity index (χ1n) is 16.3. The molecule has 0 N–H and O–H groups in total. The SMILES string of the molecule is Cc1ccc(S(=O)(=O)Oc2cc3c(cc2N(c2ccccc2)c2ccc4oc5ccccc5c4c2)c2ccccc2n3-c2ccccc2)cc1. The van der Waals surface area contributed by atoms with E-state index in [1.54, 1.807) is 24.3 Å². The van der Waals surface area contributed by atoms with E-state index in [4.69, 9.17) is 8.60 Å². The molecule has 7 heteroatoms. The zero-order chi connectivity index (χ0) is 33.8. The van der Waals surface area contributed by atoms with Crippen LogP contribution >= 0.6 is 0 Å². The summed E-state index contributed by atoms with van der Waals surface area (Å²) < 4.78 is 42.6. The Morgan fingerprint density at radius 3 is 2.00 bits per heavy atom. The van der Waals surface area contributed by atoms with Crippen molar-refractivity contribution in [2.45, 2.75) is 11.8 Å². The second-order valence-corrected chi connectivity index (χ2v) is 13.9. The molecule has 0 atom stereocenters. The lowest BCUT2D eigenvalue weighted by Gasteiger charge is -2.27. The maximum absolute atomic E-state index is 14.1. The zero-order valence-corrected chi connectivity index (χ0v) is 27.8. The highest BCUT2D eigenvalue weighted by molar-refractivity contribution is 7.87. The molecule has 6 nitrogen and oxygen atoms in total. The minimum absolute atomic E-state index is 0.0790. The lowest BCUT2D eigenvalue weighted by molar-refractivity contribution is 0.487. The third-order valence-corrected chi connectivity index (χ3v) is 10.4. The van der Waals surface area contributed by atoms with Crippen LogP contribution < -0.4 is 9.08 Å². The largest absolute Gasteiger partial charge is 0.456 e. The molecule has 0 aliphatic carbocycles. The molecular formula is C43H30N2O4S. The fraction of sp³-hybridized carbons (Fsp3) is 0.0233. The average molecular weight is 671 g/mol. The summed E-state index contributed by atoms with van der Waals surface area (Å²) in [6.07, 6.45) is 0. The zero-order valence-electron chi connectivity index (χ0n) is 27.0. The average Bonchev–Trinajstić information content (AvgIpc) is 3.68. The number of nitrogens with zero attached hydrogens (tertiary/aromatic N) is 2. The number of aryl methyl sites for hydroxylation is 1. The van der Waals surface area contributed by atoms with E-state index in [-0.39, 0.29) is 10.6 Å². The molecule has 0 bridgehead atoms. The van der Waals surface area contributed by atoms with Crippen molar-refractivity contribution < 1.29 is 17.0 Å². The van der Waals surface area contributed by atoms with Gasteiger partial charge < -0.3 is 18.1 Å². The third-order valence-electron chi connectivity index (χ3n) is 9.15. The van der Waals surface area contributed by atoms with Crippen molar-refractivity contribution in [3.63, 3.8) is 0 Å². The van der Waals surface area contributed by atoms with E-state index in [0.29, 0.717) is 5.69 Å². The first-order valence-corrected chi connectivity index (χ1v) is 17.8. The van der Waals surface area contributed by atoms with Gasteiger partial charge in [-0.05, 0) is 79.7 Å². The van der Waals surface area contributed by atoms with Gasteiger partial charge in [-0.1, -0.05) is 90.5 Å². The lowest BCUT2D eigenvalue weighted by Crippen LogP contribution is -2.15. The molecule has 7 aromatic carbocycles. The van der Waals surface area contributed by atoms with E-state index in [0.717, 1.165) is 66.4 Å². The highest BCUT2D eigenvalue weighted by atomic mass is 32.2. The number of rotatable bonds is 7. The van der Waals surface area contributed by atoms with Gasteiger partial charge in [-0.15, -0.1) is 0 Å². The highest BCUT2D eigenvalue weighted by Crippen LogP contribution is 2.47. The molecule has 2 aromatic heterocycles. The second-order valence-electron chi connectivity index (χ2n) is 12.3. The number of aromatic nitrogens is 1. The van der Waals surface area contributed by atoms with Crippen molar-refractivity contribution in [2.24, 2.45) is 0 Å². The number of fused-ring (bicyclic) bond motifs is 6. The quantitative estimate of drug-likeness (QED) is 0.158. The summed E-state index contributed by atoms with van der Waals surface area (Å²) in [5.74, 6) is 0.194. The van der Waals surface area contributed by atoms with Crippen LogP contribution in [0.4, 0.5) is 17.1 Å². The normalized spacial score (nSPS) is 11.9. The van der Waals surface area contributed by atoms with Crippen LogP contribution in [-0.4, -0.2) is 13.0 Å².